The van der Waals surface area contributed by atoms with Crippen LogP contribution >= 0.6 is 0 Å². The summed E-state index contributed by atoms with van der Waals surface area (Å²) in [5, 5.41) is 3.50. The first-order valence-corrected chi connectivity index (χ1v) is 5.33. The maximum atomic E-state index is 5.76. The molecular weight excluding hydrogens is 178 g/mol. The summed E-state index contributed by atoms with van der Waals surface area (Å²) in [7, 11) is 0. The highest BCUT2D eigenvalue weighted by Crippen LogP contribution is 2.34. The quantitative estimate of drug-likeness (QED) is 0.793. The molecule has 1 N–H and O–H groups in total. The minimum atomic E-state index is 0.454. The summed E-state index contributed by atoms with van der Waals surface area (Å²) >= 11 is 0. The van der Waals surface area contributed by atoms with Crippen molar-refractivity contribution in [2.75, 3.05) is 0 Å². The molecule has 3 rings (SSSR count). The number of ether oxygens (including phenoxy) is 1. The van der Waals surface area contributed by atoms with Crippen molar-refractivity contribution in [1.29, 1.82) is 0 Å². The summed E-state index contributed by atoms with van der Waals surface area (Å²) in [6.07, 6.45) is 6.34. The summed E-state index contributed by atoms with van der Waals surface area (Å²) in [4.78, 5) is 0. The molecule has 0 spiro atoms. The molecule has 2 bridgehead atoms. The first kappa shape index (κ1) is 8.50. The number of hydrogen-bond acceptors (Lipinski definition) is 3. The number of rotatable bonds is 3. The summed E-state index contributed by atoms with van der Waals surface area (Å²) < 4.78 is 11.0. The van der Waals surface area contributed by atoms with Gasteiger partial charge in [-0.2, -0.15) is 0 Å². The Balaban J connectivity index is 1.54. The normalized spacial score (nSPS) is 35.3. The molecule has 0 amide bonds. The maximum absolute atomic E-state index is 5.76. The van der Waals surface area contributed by atoms with E-state index in [1.54, 1.807) is 6.26 Å². The smallest absolute Gasteiger partial charge is 0.117 e. The van der Waals surface area contributed by atoms with E-state index in [9.17, 15) is 0 Å². The van der Waals surface area contributed by atoms with Crippen LogP contribution in [-0.4, -0.2) is 18.2 Å². The SMILES string of the molecule is c1coc(CN[C@@H]2C[C@H]3CC[C@@H]2O3)c1. The second kappa shape index (κ2) is 3.41. The molecule has 3 atom stereocenters. The lowest BCUT2D eigenvalue weighted by Gasteiger charge is -2.19. The van der Waals surface area contributed by atoms with Gasteiger partial charge < -0.3 is 14.5 Å². The lowest BCUT2D eigenvalue weighted by atomic mass is 9.95. The van der Waals surface area contributed by atoms with Crippen molar-refractivity contribution >= 4 is 0 Å². The number of fused-ring (bicyclic) bond motifs is 2. The van der Waals surface area contributed by atoms with Crippen LogP contribution in [0.15, 0.2) is 22.8 Å². The van der Waals surface area contributed by atoms with Gasteiger partial charge in [-0.3, -0.25) is 0 Å². The van der Waals surface area contributed by atoms with Gasteiger partial charge in [-0.15, -0.1) is 0 Å². The van der Waals surface area contributed by atoms with Gasteiger partial charge in [0.25, 0.3) is 0 Å². The third kappa shape index (κ3) is 1.47. The van der Waals surface area contributed by atoms with E-state index < -0.39 is 0 Å². The third-order valence-corrected chi connectivity index (χ3v) is 3.22. The Hall–Kier alpha value is -0.800. The van der Waals surface area contributed by atoms with Gasteiger partial charge in [0, 0.05) is 6.04 Å². The van der Waals surface area contributed by atoms with E-state index in [4.69, 9.17) is 9.15 Å². The maximum Gasteiger partial charge on any atom is 0.117 e. The highest BCUT2D eigenvalue weighted by atomic mass is 16.5. The molecule has 0 saturated carbocycles. The van der Waals surface area contributed by atoms with Gasteiger partial charge in [0.1, 0.15) is 5.76 Å². The fourth-order valence-electron chi connectivity index (χ4n) is 2.50. The zero-order valence-electron chi connectivity index (χ0n) is 8.11. The number of hydrogen-bond donors (Lipinski definition) is 1. The molecule has 2 fully saturated rings. The second-order valence-corrected chi connectivity index (χ2v) is 4.18. The third-order valence-electron chi connectivity index (χ3n) is 3.22. The van der Waals surface area contributed by atoms with E-state index in [0.717, 1.165) is 12.3 Å². The van der Waals surface area contributed by atoms with Gasteiger partial charge in [-0.25, -0.2) is 0 Å². The molecule has 76 valence electrons. The van der Waals surface area contributed by atoms with Gasteiger partial charge >= 0.3 is 0 Å². The molecule has 0 aromatic carbocycles. The van der Waals surface area contributed by atoms with Gasteiger partial charge in [-0.05, 0) is 31.4 Å². The van der Waals surface area contributed by atoms with Crippen molar-refractivity contribution in [3.05, 3.63) is 24.2 Å². The average Bonchev–Trinajstić information content (AvgIpc) is 2.91. The molecule has 1 aromatic heterocycles. The van der Waals surface area contributed by atoms with Crippen molar-refractivity contribution in [2.45, 2.75) is 44.1 Å². The van der Waals surface area contributed by atoms with Crippen LogP contribution < -0.4 is 5.32 Å². The highest BCUT2D eigenvalue weighted by Gasteiger charge is 2.40. The van der Waals surface area contributed by atoms with Gasteiger partial charge in [0.15, 0.2) is 0 Å². The van der Waals surface area contributed by atoms with Gasteiger partial charge in [0.05, 0.1) is 25.0 Å². The van der Waals surface area contributed by atoms with Crippen LogP contribution in [0, 0.1) is 0 Å². The molecule has 3 nitrogen and oxygen atoms in total. The Kier molecular flexibility index (Phi) is 2.07. The molecule has 0 unspecified atom stereocenters. The average molecular weight is 193 g/mol. The van der Waals surface area contributed by atoms with E-state index in [1.165, 1.54) is 19.3 Å². The Morgan fingerprint density at radius 3 is 3.07 bits per heavy atom. The summed E-state index contributed by atoms with van der Waals surface area (Å²) in [5.74, 6) is 1.01. The molecule has 0 aliphatic carbocycles. The van der Waals surface area contributed by atoms with Gasteiger partial charge in [0.2, 0.25) is 0 Å². The Morgan fingerprint density at radius 2 is 2.43 bits per heavy atom. The van der Waals surface area contributed by atoms with Crippen LogP contribution in [-0.2, 0) is 11.3 Å². The Labute approximate surface area is 83.4 Å². The Bertz CT molecular complexity index is 296. The molecule has 0 radical (unpaired) electrons. The minimum absolute atomic E-state index is 0.454. The van der Waals surface area contributed by atoms with Crippen molar-refractivity contribution in [3.8, 4) is 0 Å². The summed E-state index contributed by atoms with van der Waals surface area (Å²) in [5.41, 5.74) is 0. The highest BCUT2D eigenvalue weighted by molar-refractivity contribution is 5.00. The predicted molar refractivity (Wildman–Crippen MR) is 51.8 cm³/mol. The largest absolute Gasteiger partial charge is 0.468 e. The first-order valence-electron chi connectivity index (χ1n) is 5.33. The number of nitrogens with one attached hydrogen (secondary N) is 1. The Morgan fingerprint density at radius 1 is 1.43 bits per heavy atom. The van der Waals surface area contributed by atoms with Crippen molar-refractivity contribution in [2.24, 2.45) is 0 Å². The van der Waals surface area contributed by atoms with Crippen molar-refractivity contribution in [1.82, 2.24) is 5.32 Å². The van der Waals surface area contributed by atoms with Gasteiger partial charge in [-0.1, -0.05) is 0 Å². The topological polar surface area (TPSA) is 34.4 Å². The zero-order chi connectivity index (χ0) is 9.38. The van der Waals surface area contributed by atoms with Crippen LogP contribution in [0.3, 0.4) is 0 Å². The van der Waals surface area contributed by atoms with E-state index in [2.05, 4.69) is 5.32 Å². The van der Waals surface area contributed by atoms with Crippen molar-refractivity contribution in [3.63, 3.8) is 0 Å². The fraction of sp³-hybridized carbons (Fsp3) is 0.636. The van der Waals surface area contributed by atoms with Crippen LogP contribution in [0.5, 0.6) is 0 Å². The van der Waals surface area contributed by atoms with E-state index >= 15 is 0 Å². The predicted octanol–water partition coefficient (Wildman–Crippen LogP) is 1.69. The molecule has 2 saturated heterocycles. The summed E-state index contributed by atoms with van der Waals surface area (Å²) in [6, 6.07) is 4.47. The zero-order valence-corrected chi connectivity index (χ0v) is 8.11. The summed E-state index contributed by atoms with van der Waals surface area (Å²) in [6.45, 7) is 0.824. The lowest BCUT2D eigenvalue weighted by Crippen LogP contribution is -2.36. The van der Waals surface area contributed by atoms with E-state index in [0.29, 0.717) is 18.2 Å². The number of furan rings is 1. The first-order chi connectivity index (χ1) is 6.92. The van der Waals surface area contributed by atoms with Crippen LogP contribution in [0.4, 0.5) is 0 Å². The van der Waals surface area contributed by atoms with E-state index in [1.807, 2.05) is 12.1 Å². The molecule has 3 heterocycles. The molecule has 2 aliphatic rings. The standard InChI is InChI=1S/C11H15NO2/c1-2-9(13-5-1)7-12-10-6-8-3-4-11(10)14-8/h1-2,5,8,10-12H,3-4,6-7H2/t8-,10-,11+/m1/s1. The van der Waals surface area contributed by atoms with Crippen LogP contribution in [0.1, 0.15) is 25.0 Å². The molecule has 2 aliphatic heterocycles. The van der Waals surface area contributed by atoms with Crippen LogP contribution in [0.25, 0.3) is 0 Å². The fourth-order valence-corrected chi connectivity index (χ4v) is 2.50. The lowest BCUT2D eigenvalue weighted by molar-refractivity contribution is 0.0970. The molecule has 1 aromatic rings. The van der Waals surface area contributed by atoms with Crippen molar-refractivity contribution < 1.29 is 9.15 Å². The van der Waals surface area contributed by atoms with E-state index in [-0.39, 0.29) is 0 Å². The van der Waals surface area contributed by atoms with Crippen LogP contribution in [0.2, 0.25) is 0 Å². The molecule has 3 heteroatoms. The minimum Gasteiger partial charge on any atom is -0.468 e. The second-order valence-electron chi connectivity index (χ2n) is 4.18. The molecule has 14 heavy (non-hydrogen) atoms. The monoisotopic (exact) mass is 193 g/mol. The molecular formula is C11H15NO2.